The summed E-state index contributed by atoms with van der Waals surface area (Å²) in [6.07, 6.45) is 1.99. The molecule has 5 aromatic rings. The number of hydrogen-bond donors (Lipinski definition) is 0. The number of carbonyl (C=O) groups excluding carboxylic acids is 1. The van der Waals surface area contributed by atoms with Crippen molar-refractivity contribution in [2.45, 2.75) is 38.8 Å². The Morgan fingerprint density at radius 3 is 2.25 bits per heavy atom. The lowest BCUT2D eigenvalue weighted by atomic mass is 10.1. The van der Waals surface area contributed by atoms with Gasteiger partial charge in [-0.15, -0.1) is 0 Å². The van der Waals surface area contributed by atoms with Crippen molar-refractivity contribution < 1.29 is 27.1 Å². The molecule has 0 N–H and O–H groups in total. The molecule has 1 aromatic heterocycles. The number of anilines is 1. The van der Waals surface area contributed by atoms with Crippen molar-refractivity contribution in [1.82, 2.24) is 4.57 Å². The molecule has 0 aliphatic carbocycles. The Bertz CT molecular complexity index is 2020. The van der Waals surface area contributed by atoms with Crippen LogP contribution in [0, 0.1) is 0 Å². The van der Waals surface area contributed by atoms with E-state index in [0.29, 0.717) is 46.5 Å². The molecule has 0 aliphatic heterocycles. The number of hydrogen-bond acceptors (Lipinski definition) is 7. The molecule has 0 saturated heterocycles. The van der Waals surface area contributed by atoms with Crippen LogP contribution in [0.2, 0.25) is 10.0 Å². The van der Waals surface area contributed by atoms with Crippen molar-refractivity contribution in [3.63, 3.8) is 0 Å². The number of thioether (sulfide) groups is 1. The number of fused-ring (bicyclic) bond motifs is 1. The minimum absolute atomic E-state index is 0.00305. The summed E-state index contributed by atoms with van der Waals surface area (Å²) >= 11 is 14.6. The molecule has 250 valence electrons. The highest BCUT2D eigenvalue weighted by Gasteiger charge is 2.29. The summed E-state index contributed by atoms with van der Waals surface area (Å²) in [4.78, 5) is 17.0. The predicted molar refractivity (Wildman–Crippen MR) is 194 cm³/mol. The van der Waals surface area contributed by atoms with Gasteiger partial charge in [-0.05, 0) is 63.2 Å². The first-order valence-corrected chi connectivity index (χ1v) is 18.6. The van der Waals surface area contributed by atoms with Gasteiger partial charge in [-0.1, -0.05) is 71.4 Å². The van der Waals surface area contributed by atoms with Crippen molar-refractivity contribution in [2.75, 3.05) is 23.7 Å². The van der Waals surface area contributed by atoms with Gasteiger partial charge in [0, 0.05) is 47.4 Å². The Hall–Kier alpha value is -3.80. The maximum absolute atomic E-state index is 13.4. The Morgan fingerprint density at radius 1 is 0.958 bits per heavy atom. The molecule has 0 aliphatic rings. The number of carbonyl (C=O) groups is 1. The Kier molecular flexibility index (Phi) is 11.5. The van der Waals surface area contributed by atoms with E-state index in [4.69, 9.17) is 27.9 Å². The van der Waals surface area contributed by atoms with E-state index in [2.05, 4.69) is 23.0 Å². The molecule has 0 spiro atoms. The van der Waals surface area contributed by atoms with E-state index >= 15 is 0 Å². The molecule has 0 unspecified atom stereocenters. The van der Waals surface area contributed by atoms with Gasteiger partial charge in [0.1, 0.15) is 10.7 Å². The minimum Gasteiger partial charge on any atom is -0.748 e. The molecule has 5 rings (SSSR count). The molecule has 1 heterocycles. The quantitative estimate of drug-likeness (QED) is 0.0398. The van der Waals surface area contributed by atoms with Crippen LogP contribution in [0.15, 0.2) is 95.9 Å². The van der Waals surface area contributed by atoms with Crippen LogP contribution in [-0.4, -0.2) is 42.3 Å². The lowest BCUT2D eigenvalue weighted by Crippen LogP contribution is -2.36. The Morgan fingerprint density at radius 2 is 1.62 bits per heavy atom. The first-order chi connectivity index (χ1) is 23.0. The molecule has 0 bridgehead atoms. The molecular formula is C36H35Cl2N3O5S2. The molecule has 0 atom stereocenters. The van der Waals surface area contributed by atoms with Crippen LogP contribution in [-0.2, 0) is 23.2 Å². The van der Waals surface area contributed by atoms with Crippen molar-refractivity contribution in [2.24, 2.45) is 0 Å². The minimum atomic E-state index is -4.43. The predicted octanol–water partition coefficient (Wildman–Crippen LogP) is 8.16. The molecule has 0 amide bonds. The summed E-state index contributed by atoms with van der Waals surface area (Å²) < 4.78 is 44.7. The molecule has 4 aromatic carbocycles. The summed E-state index contributed by atoms with van der Waals surface area (Å²) in [5, 5.41) is 0.923. The standard InChI is InChI=1S/C36H35Cl2N3O5S2/c1-4-39(19-20-48(43,44)45)27-18-17-26(33(22-27)46-36(42)25-13-9-7-10-14-25)21-34(47-28-15-11-8-12-16-28)35-40(5-2)31-23-29(37)30(38)24-32(31)41(35)6-3/h7-18,21-24H,4-6,19-20H2,1-3H3. The SMILES string of the molecule is CCN(CCS(=O)(=O)[O-])c1ccc(/C=C(\Sc2ccccc2)c2n(CC)c3cc(Cl)c(Cl)cc3[n+]2CC)c(OC(=O)c2ccccc2)c1. The van der Waals surface area contributed by atoms with E-state index in [1.807, 2.05) is 73.7 Å². The second-order valence-corrected chi connectivity index (χ2v) is 14.3. The first-order valence-electron chi connectivity index (χ1n) is 15.5. The number of rotatable bonds is 13. The fourth-order valence-corrected chi connectivity index (χ4v) is 7.29. The number of aromatic nitrogens is 2. The second-order valence-electron chi connectivity index (χ2n) is 10.8. The van der Waals surface area contributed by atoms with Crippen molar-refractivity contribution in [3.8, 4) is 5.75 Å². The summed E-state index contributed by atoms with van der Waals surface area (Å²) in [5.74, 6) is 0.110. The molecule has 12 heteroatoms. The normalized spacial score (nSPS) is 12.0. The molecule has 0 radical (unpaired) electrons. The number of esters is 1. The van der Waals surface area contributed by atoms with Gasteiger partial charge in [0.25, 0.3) is 5.82 Å². The average Bonchev–Trinajstić information content (AvgIpc) is 3.38. The van der Waals surface area contributed by atoms with Crippen LogP contribution in [0.25, 0.3) is 22.0 Å². The summed E-state index contributed by atoms with van der Waals surface area (Å²) in [6.45, 7) is 7.72. The van der Waals surface area contributed by atoms with Gasteiger partial charge in [-0.25, -0.2) is 22.3 Å². The van der Waals surface area contributed by atoms with Crippen LogP contribution in [0.3, 0.4) is 0 Å². The highest BCUT2D eigenvalue weighted by Crippen LogP contribution is 2.39. The van der Waals surface area contributed by atoms with E-state index in [-0.39, 0.29) is 12.3 Å². The zero-order valence-electron chi connectivity index (χ0n) is 26.7. The van der Waals surface area contributed by atoms with Gasteiger partial charge in [-0.2, -0.15) is 0 Å². The van der Waals surface area contributed by atoms with Crippen LogP contribution in [0.5, 0.6) is 5.75 Å². The monoisotopic (exact) mass is 723 g/mol. The Balaban J connectivity index is 1.72. The van der Waals surface area contributed by atoms with E-state index < -0.39 is 21.8 Å². The van der Waals surface area contributed by atoms with Gasteiger partial charge in [0.05, 0.1) is 44.6 Å². The lowest BCUT2D eigenvalue weighted by molar-refractivity contribution is -0.670. The molecule has 48 heavy (non-hydrogen) atoms. The second kappa shape index (κ2) is 15.6. The molecule has 8 nitrogen and oxygen atoms in total. The average molecular weight is 725 g/mol. The number of nitrogens with zero attached hydrogens (tertiary/aromatic N) is 3. The number of halogens is 2. The maximum Gasteiger partial charge on any atom is 0.343 e. The van der Waals surface area contributed by atoms with Crippen LogP contribution >= 0.6 is 35.0 Å². The molecular weight excluding hydrogens is 689 g/mol. The third-order valence-electron chi connectivity index (χ3n) is 7.79. The van der Waals surface area contributed by atoms with Gasteiger partial charge in [-0.3, -0.25) is 0 Å². The smallest absolute Gasteiger partial charge is 0.343 e. The fourth-order valence-electron chi connectivity index (χ4n) is 5.49. The fraction of sp³-hybridized carbons (Fsp3) is 0.222. The van der Waals surface area contributed by atoms with E-state index in [0.717, 1.165) is 26.7 Å². The van der Waals surface area contributed by atoms with E-state index in [1.54, 1.807) is 47.0 Å². The molecule has 0 saturated carbocycles. The van der Waals surface area contributed by atoms with Gasteiger partial charge >= 0.3 is 5.97 Å². The van der Waals surface area contributed by atoms with Gasteiger partial charge in [0.2, 0.25) is 0 Å². The van der Waals surface area contributed by atoms with Crippen molar-refractivity contribution >= 4 is 78.8 Å². The summed E-state index contributed by atoms with van der Waals surface area (Å²) in [5.41, 5.74) is 3.48. The topological polar surface area (TPSA) is 95.6 Å². The number of ether oxygens (including phenoxy) is 1. The van der Waals surface area contributed by atoms with E-state index in [1.165, 1.54) is 0 Å². The largest absolute Gasteiger partial charge is 0.748 e. The van der Waals surface area contributed by atoms with Crippen molar-refractivity contribution in [3.05, 3.63) is 118 Å². The maximum atomic E-state index is 13.4. The first kappa shape index (κ1) is 35.5. The number of benzene rings is 4. The van der Waals surface area contributed by atoms with Gasteiger partial charge < -0.3 is 14.2 Å². The van der Waals surface area contributed by atoms with Gasteiger partial charge in [0.15, 0.2) is 11.0 Å². The Labute approximate surface area is 295 Å². The van der Waals surface area contributed by atoms with Crippen LogP contribution < -0.4 is 14.2 Å². The number of aryl methyl sites for hydroxylation is 2. The zero-order chi connectivity index (χ0) is 34.4. The van der Waals surface area contributed by atoms with E-state index in [9.17, 15) is 17.8 Å². The van der Waals surface area contributed by atoms with Crippen molar-refractivity contribution in [1.29, 1.82) is 0 Å². The summed E-state index contributed by atoms with van der Waals surface area (Å²) in [6, 6.07) is 27.8. The van der Waals surface area contributed by atoms with Crippen LogP contribution in [0.1, 0.15) is 42.5 Å². The molecule has 0 fully saturated rings. The number of imidazole rings is 1. The highest BCUT2D eigenvalue weighted by molar-refractivity contribution is 8.08. The summed E-state index contributed by atoms with van der Waals surface area (Å²) in [7, 11) is -4.43. The zero-order valence-corrected chi connectivity index (χ0v) is 29.9. The van der Waals surface area contributed by atoms with Crippen LogP contribution in [0.4, 0.5) is 5.69 Å². The lowest BCUT2D eigenvalue weighted by Gasteiger charge is -2.24. The third-order valence-corrected chi connectivity index (χ3v) is 10.2. The third kappa shape index (κ3) is 8.25. The highest BCUT2D eigenvalue weighted by atomic mass is 35.5.